The quantitative estimate of drug-likeness (QED) is 0.758. The van der Waals surface area contributed by atoms with E-state index in [2.05, 4.69) is 20.3 Å². The number of nitrogens with one attached hydrogen (secondary N) is 1. The lowest BCUT2D eigenvalue weighted by molar-refractivity contribution is 0.394. The first-order chi connectivity index (χ1) is 6.18. The summed E-state index contributed by atoms with van der Waals surface area (Å²) in [6, 6.07) is 0. The van der Waals surface area contributed by atoms with Crippen LogP contribution in [0.1, 0.15) is 11.6 Å². The summed E-state index contributed by atoms with van der Waals surface area (Å²) in [5, 5.41) is 10.9. The molecule has 0 aliphatic heterocycles. The fourth-order valence-corrected chi connectivity index (χ4v) is 1.13. The van der Waals surface area contributed by atoms with E-state index in [1.807, 2.05) is 6.92 Å². The monoisotopic (exact) mass is 198 g/mol. The van der Waals surface area contributed by atoms with Crippen molar-refractivity contribution in [1.29, 1.82) is 0 Å². The summed E-state index contributed by atoms with van der Waals surface area (Å²) >= 11 is 5.94. The number of nitrogens with zero attached hydrogens (tertiary/aromatic N) is 3. The first-order valence-corrected chi connectivity index (χ1v) is 4.07. The van der Waals surface area contributed by atoms with Crippen molar-refractivity contribution >= 4 is 11.6 Å². The number of aryl methyl sites for hydroxylation is 2. The number of aromatic nitrogens is 4. The zero-order valence-electron chi connectivity index (χ0n) is 7.13. The Kier molecular flexibility index (Phi) is 1.81. The Labute approximate surface area is 79.1 Å². The molecule has 6 heteroatoms. The van der Waals surface area contributed by atoms with Crippen LogP contribution < -0.4 is 0 Å². The minimum absolute atomic E-state index is 0.409. The highest BCUT2D eigenvalue weighted by molar-refractivity contribution is 6.33. The molecule has 2 aromatic heterocycles. The highest BCUT2D eigenvalue weighted by atomic mass is 35.5. The second-order valence-electron chi connectivity index (χ2n) is 2.65. The first kappa shape index (κ1) is 8.25. The van der Waals surface area contributed by atoms with E-state index in [0.29, 0.717) is 22.4 Å². The van der Waals surface area contributed by atoms with E-state index in [0.717, 1.165) is 5.69 Å². The molecule has 0 aromatic carbocycles. The van der Waals surface area contributed by atoms with Crippen LogP contribution in [0.25, 0.3) is 11.5 Å². The van der Waals surface area contributed by atoms with Crippen LogP contribution in [0.15, 0.2) is 4.52 Å². The van der Waals surface area contributed by atoms with Crippen molar-refractivity contribution < 1.29 is 4.52 Å². The van der Waals surface area contributed by atoms with Gasteiger partial charge in [0.15, 0.2) is 5.69 Å². The van der Waals surface area contributed by atoms with Crippen LogP contribution in [-0.2, 0) is 0 Å². The molecule has 0 aliphatic carbocycles. The fraction of sp³-hybridized carbons (Fsp3) is 0.286. The van der Waals surface area contributed by atoms with Crippen LogP contribution in [0.5, 0.6) is 0 Å². The van der Waals surface area contributed by atoms with Crippen LogP contribution in [0.4, 0.5) is 0 Å². The number of hydrogen-bond acceptors (Lipinski definition) is 4. The molecule has 0 aliphatic rings. The predicted octanol–water partition coefficient (Wildman–Crippen LogP) is 1.73. The number of rotatable bonds is 1. The third-order valence-corrected chi connectivity index (χ3v) is 2.07. The summed E-state index contributed by atoms with van der Waals surface area (Å²) < 4.78 is 4.81. The molecule has 0 saturated carbocycles. The van der Waals surface area contributed by atoms with Crippen LogP contribution in [0, 0.1) is 13.8 Å². The Bertz CT molecular complexity index is 433. The lowest BCUT2D eigenvalue weighted by Gasteiger charge is -1.86. The summed E-state index contributed by atoms with van der Waals surface area (Å²) in [5.74, 6) is 0.901. The molecule has 1 N–H and O–H groups in total. The molecule has 0 fully saturated rings. The third kappa shape index (κ3) is 1.31. The zero-order valence-corrected chi connectivity index (χ0v) is 7.88. The molecule has 13 heavy (non-hydrogen) atoms. The highest BCUT2D eigenvalue weighted by Gasteiger charge is 2.14. The van der Waals surface area contributed by atoms with Gasteiger partial charge in [0, 0.05) is 6.92 Å². The van der Waals surface area contributed by atoms with Gasteiger partial charge in [0.1, 0.15) is 0 Å². The van der Waals surface area contributed by atoms with Crippen molar-refractivity contribution in [1.82, 2.24) is 20.3 Å². The van der Waals surface area contributed by atoms with Gasteiger partial charge in [0.05, 0.1) is 10.7 Å². The van der Waals surface area contributed by atoms with Gasteiger partial charge in [-0.2, -0.15) is 10.1 Å². The second-order valence-corrected chi connectivity index (χ2v) is 3.03. The van der Waals surface area contributed by atoms with E-state index in [-0.39, 0.29) is 0 Å². The highest BCUT2D eigenvalue weighted by Crippen LogP contribution is 2.25. The van der Waals surface area contributed by atoms with Gasteiger partial charge in [-0.25, -0.2) is 0 Å². The van der Waals surface area contributed by atoms with Gasteiger partial charge in [-0.15, -0.1) is 0 Å². The van der Waals surface area contributed by atoms with Crippen molar-refractivity contribution in [2.45, 2.75) is 13.8 Å². The third-order valence-electron chi connectivity index (χ3n) is 1.61. The fourth-order valence-electron chi connectivity index (χ4n) is 0.959. The molecule has 0 saturated heterocycles. The van der Waals surface area contributed by atoms with Crippen LogP contribution in [0.3, 0.4) is 0 Å². The molecule has 0 spiro atoms. The van der Waals surface area contributed by atoms with E-state index >= 15 is 0 Å². The number of aromatic amines is 1. The van der Waals surface area contributed by atoms with Crippen LogP contribution >= 0.6 is 11.6 Å². The molecule has 0 atom stereocenters. The normalized spacial score (nSPS) is 10.7. The smallest absolute Gasteiger partial charge is 0.224 e. The van der Waals surface area contributed by atoms with Crippen LogP contribution in [0.2, 0.25) is 5.02 Å². The predicted molar refractivity (Wildman–Crippen MR) is 46.4 cm³/mol. The number of halogens is 1. The minimum atomic E-state index is 0.409. The molecular weight excluding hydrogens is 192 g/mol. The molecule has 0 unspecified atom stereocenters. The van der Waals surface area contributed by atoms with Gasteiger partial charge >= 0.3 is 0 Å². The minimum Gasteiger partial charge on any atom is -0.339 e. The first-order valence-electron chi connectivity index (χ1n) is 3.69. The van der Waals surface area contributed by atoms with E-state index in [4.69, 9.17) is 16.1 Å². The summed E-state index contributed by atoms with van der Waals surface area (Å²) in [5.41, 5.74) is 1.31. The Morgan fingerprint density at radius 2 is 2.15 bits per heavy atom. The lowest BCUT2D eigenvalue weighted by Crippen LogP contribution is -1.81. The Morgan fingerprint density at radius 3 is 2.62 bits per heavy atom. The van der Waals surface area contributed by atoms with Crippen molar-refractivity contribution in [2.24, 2.45) is 0 Å². The molecule has 0 bridgehead atoms. The standard InChI is InChI=1S/C7H7ClN4O/c1-3-5(8)6(11-10-3)7-9-4(2)13-12-7/h1-2H3,(H,10,11). The van der Waals surface area contributed by atoms with Crippen molar-refractivity contribution in [3.05, 3.63) is 16.6 Å². The second kappa shape index (κ2) is 2.85. The molecule has 2 heterocycles. The van der Waals surface area contributed by atoms with Crippen molar-refractivity contribution in [3.63, 3.8) is 0 Å². The maximum atomic E-state index is 5.94. The van der Waals surface area contributed by atoms with Gasteiger partial charge < -0.3 is 4.52 Å². The Balaban J connectivity index is 2.52. The molecule has 0 amide bonds. The Morgan fingerprint density at radius 1 is 1.38 bits per heavy atom. The average Bonchev–Trinajstić information content (AvgIpc) is 2.62. The van der Waals surface area contributed by atoms with Gasteiger partial charge in [0.2, 0.25) is 11.7 Å². The van der Waals surface area contributed by atoms with E-state index in [1.165, 1.54) is 0 Å². The summed E-state index contributed by atoms with van der Waals surface area (Å²) in [6.07, 6.45) is 0. The van der Waals surface area contributed by atoms with Gasteiger partial charge in [-0.3, -0.25) is 5.10 Å². The summed E-state index contributed by atoms with van der Waals surface area (Å²) in [7, 11) is 0. The van der Waals surface area contributed by atoms with Crippen LogP contribution in [-0.4, -0.2) is 20.3 Å². The van der Waals surface area contributed by atoms with Gasteiger partial charge in [-0.1, -0.05) is 16.8 Å². The number of H-pyrrole nitrogens is 1. The SMILES string of the molecule is Cc1nc(-c2n[nH]c(C)c2Cl)no1. The van der Waals surface area contributed by atoms with E-state index in [9.17, 15) is 0 Å². The average molecular weight is 199 g/mol. The summed E-state index contributed by atoms with van der Waals surface area (Å²) in [6.45, 7) is 3.54. The van der Waals surface area contributed by atoms with E-state index in [1.54, 1.807) is 6.92 Å². The van der Waals surface area contributed by atoms with Crippen molar-refractivity contribution in [3.8, 4) is 11.5 Å². The molecule has 0 radical (unpaired) electrons. The largest absolute Gasteiger partial charge is 0.339 e. The zero-order chi connectivity index (χ0) is 9.42. The maximum Gasteiger partial charge on any atom is 0.224 e. The van der Waals surface area contributed by atoms with Gasteiger partial charge in [0.25, 0.3) is 0 Å². The van der Waals surface area contributed by atoms with E-state index < -0.39 is 0 Å². The molecule has 5 nitrogen and oxygen atoms in total. The lowest BCUT2D eigenvalue weighted by atomic mass is 10.3. The molecular formula is C7H7ClN4O. The summed E-state index contributed by atoms with van der Waals surface area (Å²) in [4.78, 5) is 4.01. The Hall–Kier alpha value is -1.36. The van der Waals surface area contributed by atoms with Gasteiger partial charge in [-0.05, 0) is 6.92 Å². The maximum absolute atomic E-state index is 5.94. The number of hydrogen-bond donors (Lipinski definition) is 1. The topological polar surface area (TPSA) is 67.6 Å². The molecule has 2 aromatic rings. The van der Waals surface area contributed by atoms with Crippen molar-refractivity contribution in [2.75, 3.05) is 0 Å². The molecule has 2 rings (SSSR count). The molecule has 68 valence electrons.